The van der Waals surface area contributed by atoms with E-state index in [-0.39, 0.29) is 5.02 Å². The Morgan fingerprint density at radius 2 is 2.05 bits per heavy atom. The summed E-state index contributed by atoms with van der Waals surface area (Å²) in [6.45, 7) is 0. The van der Waals surface area contributed by atoms with E-state index >= 15 is 0 Å². The van der Waals surface area contributed by atoms with E-state index in [1.165, 1.54) is 18.5 Å². The maximum absolute atomic E-state index is 13.2. The molecule has 0 spiro atoms. The molecule has 0 fully saturated rings. The monoisotopic (exact) mass is 381 g/mol. The fourth-order valence-corrected chi connectivity index (χ4v) is 2.68. The van der Waals surface area contributed by atoms with Crippen LogP contribution in [0.1, 0.15) is 0 Å². The second kappa shape index (κ2) is 6.06. The molecule has 0 saturated heterocycles. The number of hydrogen-bond donors (Lipinski definition) is 1. The highest BCUT2D eigenvalue weighted by molar-refractivity contribution is 9.10. The molecule has 0 amide bonds. The highest BCUT2D eigenvalue weighted by Crippen LogP contribution is 2.33. The maximum Gasteiger partial charge on any atom is 0.146 e. The van der Waals surface area contributed by atoms with E-state index in [0.717, 1.165) is 9.86 Å². The Labute approximate surface area is 139 Å². The Bertz CT molecular complexity index is 860. The molecule has 1 N–H and O–H groups in total. The highest BCUT2D eigenvalue weighted by atomic mass is 79.9. The lowest BCUT2D eigenvalue weighted by molar-refractivity contribution is 0.418. The van der Waals surface area contributed by atoms with Gasteiger partial charge in [0.2, 0.25) is 0 Å². The molecule has 1 aromatic heterocycles. The standard InChI is InChI=1S/C15H10BrClFN3O/c1-22-13-5-8(16)4-10-14(13)19-7-20-15(10)21-9-2-3-12(18)11(17)6-9/h2-7H,1H3,(H,19,20,21). The molecule has 0 unspecified atom stereocenters. The summed E-state index contributed by atoms with van der Waals surface area (Å²) in [5.74, 6) is 0.739. The molecule has 22 heavy (non-hydrogen) atoms. The van der Waals surface area contributed by atoms with Crippen molar-refractivity contribution in [2.75, 3.05) is 12.4 Å². The summed E-state index contributed by atoms with van der Waals surface area (Å²) in [6.07, 6.45) is 1.44. The smallest absolute Gasteiger partial charge is 0.146 e. The largest absolute Gasteiger partial charge is 0.494 e. The van der Waals surface area contributed by atoms with Gasteiger partial charge in [-0.15, -0.1) is 0 Å². The Morgan fingerprint density at radius 3 is 2.77 bits per heavy atom. The van der Waals surface area contributed by atoms with Gasteiger partial charge < -0.3 is 10.1 Å². The first-order valence-electron chi connectivity index (χ1n) is 6.29. The fraction of sp³-hybridized carbons (Fsp3) is 0.0667. The van der Waals surface area contributed by atoms with Crippen molar-refractivity contribution in [3.05, 3.63) is 52.0 Å². The summed E-state index contributed by atoms with van der Waals surface area (Å²) in [5, 5.41) is 3.93. The number of benzene rings is 2. The van der Waals surface area contributed by atoms with Crippen LogP contribution in [-0.4, -0.2) is 17.1 Å². The molecule has 0 aliphatic heterocycles. The number of halogens is 3. The molecule has 0 saturated carbocycles. The molecule has 2 aromatic carbocycles. The summed E-state index contributed by atoms with van der Waals surface area (Å²) >= 11 is 9.23. The van der Waals surface area contributed by atoms with Crippen molar-refractivity contribution in [2.24, 2.45) is 0 Å². The second-order valence-electron chi connectivity index (χ2n) is 4.48. The van der Waals surface area contributed by atoms with Crippen LogP contribution in [0.5, 0.6) is 5.75 Å². The number of methoxy groups -OCH3 is 1. The number of nitrogens with zero attached hydrogens (tertiary/aromatic N) is 2. The Balaban J connectivity index is 2.10. The van der Waals surface area contributed by atoms with E-state index in [0.29, 0.717) is 22.8 Å². The minimum atomic E-state index is -0.468. The third-order valence-electron chi connectivity index (χ3n) is 3.07. The summed E-state index contributed by atoms with van der Waals surface area (Å²) < 4.78 is 19.4. The Kier molecular flexibility index (Phi) is 4.13. The molecular weight excluding hydrogens is 373 g/mol. The molecule has 0 aliphatic rings. The van der Waals surface area contributed by atoms with E-state index in [1.807, 2.05) is 12.1 Å². The minimum absolute atomic E-state index is 0.0436. The van der Waals surface area contributed by atoms with Gasteiger partial charge in [0.15, 0.2) is 0 Å². The Morgan fingerprint density at radius 1 is 1.23 bits per heavy atom. The van der Waals surface area contributed by atoms with Crippen LogP contribution in [0, 0.1) is 5.82 Å². The summed E-state index contributed by atoms with van der Waals surface area (Å²) in [7, 11) is 1.58. The van der Waals surface area contributed by atoms with Gasteiger partial charge in [-0.2, -0.15) is 0 Å². The maximum atomic E-state index is 13.2. The first-order chi connectivity index (χ1) is 10.6. The quantitative estimate of drug-likeness (QED) is 0.697. The number of hydrogen-bond acceptors (Lipinski definition) is 4. The van der Waals surface area contributed by atoms with Crippen molar-refractivity contribution in [1.29, 1.82) is 0 Å². The molecule has 0 bridgehead atoms. The lowest BCUT2D eigenvalue weighted by Gasteiger charge is -2.11. The van der Waals surface area contributed by atoms with Gasteiger partial charge in [0.25, 0.3) is 0 Å². The molecule has 4 nitrogen and oxygen atoms in total. The van der Waals surface area contributed by atoms with E-state index in [2.05, 4.69) is 31.2 Å². The van der Waals surface area contributed by atoms with Crippen molar-refractivity contribution >= 4 is 49.9 Å². The molecule has 3 rings (SSSR count). The molecule has 7 heteroatoms. The molecule has 1 heterocycles. The number of nitrogens with one attached hydrogen (secondary N) is 1. The van der Waals surface area contributed by atoms with Crippen LogP contribution < -0.4 is 10.1 Å². The van der Waals surface area contributed by atoms with E-state index in [1.54, 1.807) is 13.2 Å². The van der Waals surface area contributed by atoms with E-state index in [9.17, 15) is 4.39 Å². The average Bonchev–Trinajstić information content (AvgIpc) is 2.51. The van der Waals surface area contributed by atoms with Gasteiger partial charge in [0, 0.05) is 15.5 Å². The molecule has 112 valence electrons. The van der Waals surface area contributed by atoms with Crippen LogP contribution in [0.4, 0.5) is 15.9 Å². The molecule has 3 aromatic rings. The van der Waals surface area contributed by atoms with Gasteiger partial charge in [-0.25, -0.2) is 14.4 Å². The third-order valence-corrected chi connectivity index (χ3v) is 3.82. The first-order valence-corrected chi connectivity index (χ1v) is 7.46. The van der Waals surface area contributed by atoms with Gasteiger partial charge in [0.1, 0.15) is 29.2 Å². The zero-order chi connectivity index (χ0) is 15.7. The summed E-state index contributed by atoms with van der Waals surface area (Å²) in [5.41, 5.74) is 1.31. The predicted molar refractivity (Wildman–Crippen MR) is 88.5 cm³/mol. The number of fused-ring (bicyclic) bond motifs is 1. The van der Waals surface area contributed by atoms with Crippen molar-refractivity contribution in [3.63, 3.8) is 0 Å². The number of aromatic nitrogens is 2. The molecular formula is C15H10BrClFN3O. The zero-order valence-corrected chi connectivity index (χ0v) is 13.7. The van der Waals surface area contributed by atoms with Crippen molar-refractivity contribution in [1.82, 2.24) is 9.97 Å². The van der Waals surface area contributed by atoms with Crippen LogP contribution in [0.15, 0.2) is 41.1 Å². The first kappa shape index (κ1) is 15.0. The molecule has 0 aliphatic carbocycles. The average molecular weight is 383 g/mol. The number of anilines is 2. The number of rotatable bonds is 3. The van der Waals surface area contributed by atoms with Crippen LogP contribution in [0.25, 0.3) is 10.9 Å². The summed E-state index contributed by atoms with van der Waals surface area (Å²) in [6, 6.07) is 8.09. The SMILES string of the molecule is COc1cc(Br)cc2c(Nc3ccc(F)c(Cl)c3)ncnc12. The lowest BCUT2D eigenvalue weighted by Crippen LogP contribution is -1.98. The zero-order valence-electron chi connectivity index (χ0n) is 11.4. The third kappa shape index (κ3) is 2.84. The van der Waals surface area contributed by atoms with Gasteiger partial charge >= 0.3 is 0 Å². The molecule has 0 atom stereocenters. The van der Waals surface area contributed by atoms with Crippen molar-refractivity contribution < 1.29 is 9.13 Å². The van der Waals surface area contributed by atoms with E-state index in [4.69, 9.17) is 16.3 Å². The van der Waals surface area contributed by atoms with E-state index < -0.39 is 5.82 Å². The van der Waals surface area contributed by atoms with Crippen LogP contribution in [-0.2, 0) is 0 Å². The number of ether oxygens (including phenoxy) is 1. The Hall–Kier alpha value is -1.92. The topological polar surface area (TPSA) is 47.0 Å². The highest BCUT2D eigenvalue weighted by Gasteiger charge is 2.11. The van der Waals surface area contributed by atoms with Crippen molar-refractivity contribution in [3.8, 4) is 5.75 Å². The predicted octanol–water partition coefficient (Wildman–Crippen LogP) is 4.94. The normalized spacial score (nSPS) is 10.7. The fourth-order valence-electron chi connectivity index (χ4n) is 2.07. The van der Waals surface area contributed by atoms with Crippen molar-refractivity contribution in [2.45, 2.75) is 0 Å². The van der Waals surface area contributed by atoms with Crippen LogP contribution in [0.2, 0.25) is 5.02 Å². The van der Waals surface area contributed by atoms with Crippen LogP contribution >= 0.6 is 27.5 Å². The van der Waals surface area contributed by atoms with Crippen LogP contribution in [0.3, 0.4) is 0 Å². The van der Waals surface area contributed by atoms with Gasteiger partial charge in [-0.3, -0.25) is 0 Å². The second-order valence-corrected chi connectivity index (χ2v) is 5.80. The minimum Gasteiger partial charge on any atom is -0.494 e. The molecule has 0 radical (unpaired) electrons. The van der Waals surface area contributed by atoms with Gasteiger partial charge in [-0.05, 0) is 30.3 Å². The van der Waals surface area contributed by atoms with Gasteiger partial charge in [0.05, 0.1) is 12.1 Å². The summed E-state index contributed by atoms with van der Waals surface area (Å²) in [4.78, 5) is 8.48. The lowest BCUT2D eigenvalue weighted by atomic mass is 10.2. The van der Waals surface area contributed by atoms with Gasteiger partial charge in [-0.1, -0.05) is 27.5 Å².